The second-order valence-electron chi connectivity index (χ2n) is 7.09. The Balaban J connectivity index is 1.74. The van der Waals surface area contributed by atoms with E-state index in [9.17, 15) is 13.2 Å². The van der Waals surface area contributed by atoms with Crippen LogP contribution in [0.3, 0.4) is 0 Å². The average Bonchev–Trinajstić information content (AvgIpc) is 2.44. The van der Waals surface area contributed by atoms with Crippen LogP contribution >= 0.6 is 0 Å². The molecule has 1 saturated carbocycles. The van der Waals surface area contributed by atoms with Crippen molar-refractivity contribution in [2.24, 2.45) is 5.92 Å². The summed E-state index contributed by atoms with van der Waals surface area (Å²) in [5.41, 5.74) is 2.65. The van der Waals surface area contributed by atoms with E-state index in [0.717, 1.165) is 36.0 Å². The first-order valence-corrected chi connectivity index (χ1v) is 10.1. The monoisotopic (exact) mass is 350 g/mol. The molecular formula is C18H26N2O3S. The second kappa shape index (κ2) is 6.48. The number of carbonyl (C=O) groups is 1. The Bertz CT molecular complexity index is 723. The molecule has 24 heavy (non-hydrogen) atoms. The lowest BCUT2D eigenvalue weighted by atomic mass is 9.84. The summed E-state index contributed by atoms with van der Waals surface area (Å²) in [7, 11) is -3.51. The first-order valence-electron chi connectivity index (χ1n) is 8.67. The van der Waals surface area contributed by atoms with Crippen molar-refractivity contribution in [3.8, 4) is 0 Å². The maximum Gasteiger partial charge on any atom is 0.243 e. The Labute approximate surface area is 144 Å². The van der Waals surface area contributed by atoms with E-state index in [1.807, 2.05) is 37.8 Å². The number of aryl methyl sites for hydroxylation is 3. The fourth-order valence-electron chi connectivity index (χ4n) is 3.77. The van der Waals surface area contributed by atoms with E-state index in [0.29, 0.717) is 31.1 Å². The minimum atomic E-state index is -3.51. The van der Waals surface area contributed by atoms with Crippen molar-refractivity contribution in [1.82, 2.24) is 9.21 Å². The molecule has 1 amide bonds. The normalized spacial score (nSPS) is 20.0. The van der Waals surface area contributed by atoms with Gasteiger partial charge < -0.3 is 4.90 Å². The number of amides is 1. The van der Waals surface area contributed by atoms with Crippen LogP contribution in [-0.4, -0.2) is 49.7 Å². The summed E-state index contributed by atoms with van der Waals surface area (Å²) in [4.78, 5) is 14.6. The molecule has 0 atom stereocenters. The molecule has 0 bridgehead atoms. The van der Waals surface area contributed by atoms with E-state index in [1.165, 1.54) is 4.31 Å². The number of hydrogen-bond donors (Lipinski definition) is 0. The largest absolute Gasteiger partial charge is 0.340 e. The highest BCUT2D eigenvalue weighted by molar-refractivity contribution is 7.89. The van der Waals surface area contributed by atoms with Gasteiger partial charge in [-0.25, -0.2) is 8.42 Å². The summed E-state index contributed by atoms with van der Waals surface area (Å²) < 4.78 is 27.6. The minimum Gasteiger partial charge on any atom is -0.340 e. The molecule has 2 fully saturated rings. The van der Waals surface area contributed by atoms with Crippen molar-refractivity contribution >= 4 is 15.9 Å². The molecule has 1 heterocycles. The summed E-state index contributed by atoms with van der Waals surface area (Å²) in [5.74, 6) is 0.385. The van der Waals surface area contributed by atoms with E-state index in [4.69, 9.17) is 0 Å². The van der Waals surface area contributed by atoms with Crippen molar-refractivity contribution in [3.05, 3.63) is 28.8 Å². The van der Waals surface area contributed by atoms with Gasteiger partial charge in [-0.1, -0.05) is 24.1 Å². The van der Waals surface area contributed by atoms with Crippen molar-refractivity contribution in [2.75, 3.05) is 26.2 Å². The number of rotatable bonds is 3. The third-order valence-electron chi connectivity index (χ3n) is 5.21. The summed E-state index contributed by atoms with van der Waals surface area (Å²) >= 11 is 0. The molecule has 1 aromatic rings. The molecule has 0 aromatic heterocycles. The summed E-state index contributed by atoms with van der Waals surface area (Å²) in [6.45, 7) is 7.44. The average molecular weight is 350 g/mol. The highest BCUT2D eigenvalue weighted by Crippen LogP contribution is 2.30. The Kier molecular flexibility index (Phi) is 4.71. The van der Waals surface area contributed by atoms with Gasteiger partial charge in [0.1, 0.15) is 0 Å². The van der Waals surface area contributed by atoms with Crippen LogP contribution in [0.15, 0.2) is 17.0 Å². The van der Waals surface area contributed by atoms with Gasteiger partial charge in [0.25, 0.3) is 0 Å². The molecule has 1 aliphatic heterocycles. The van der Waals surface area contributed by atoms with E-state index in [-0.39, 0.29) is 11.8 Å². The lowest BCUT2D eigenvalue weighted by Gasteiger charge is -2.38. The molecule has 0 unspecified atom stereocenters. The van der Waals surface area contributed by atoms with Gasteiger partial charge in [-0.05, 0) is 44.7 Å². The number of nitrogens with zero attached hydrogens (tertiary/aromatic N) is 2. The predicted molar refractivity (Wildman–Crippen MR) is 93.3 cm³/mol. The Morgan fingerprint density at radius 1 is 1.00 bits per heavy atom. The van der Waals surface area contributed by atoms with Gasteiger partial charge in [0.2, 0.25) is 15.9 Å². The lowest BCUT2D eigenvalue weighted by Crippen LogP contribution is -2.52. The van der Waals surface area contributed by atoms with E-state index < -0.39 is 10.0 Å². The standard InChI is InChI=1S/C18H26N2O3S/c1-13-11-14(2)17(15(3)12-13)24(22,23)20-9-7-19(8-10-20)18(21)16-5-4-6-16/h11-12,16H,4-10H2,1-3H3. The molecule has 3 rings (SSSR count). The Morgan fingerprint density at radius 2 is 1.54 bits per heavy atom. The van der Waals surface area contributed by atoms with Crippen LogP contribution in [-0.2, 0) is 14.8 Å². The third kappa shape index (κ3) is 3.09. The zero-order valence-electron chi connectivity index (χ0n) is 14.7. The SMILES string of the molecule is Cc1cc(C)c(S(=O)(=O)N2CCN(C(=O)C3CCC3)CC2)c(C)c1. The smallest absolute Gasteiger partial charge is 0.243 e. The predicted octanol–water partition coefficient (Wildman–Crippen LogP) is 2.24. The van der Waals surface area contributed by atoms with E-state index >= 15 is 0 Å². The zero-order chi connectivity index (χ0) is 17.5. The maximum absolute atomic E-state index is 13.0. The quantitative estimate of drug-likeness (QED) is 0.840. The molecule has 0 N–H and O–H groups in total. The van der Waals surface area contributed by atoms with Crippen LogP contribution in [0.1, 0.15) is 36.0 Å². The number of carbonyl (C=O) groups excluding carboxylic acids is 1. The van der Waals surface area contributed by atoms with Crippen molar-refractivity contribution in [3.63, 3.8) is 0 Å². The van der Waals surface area contributed by atoms with Gasteiger partial charge in [-0.15, -0.1) is 0 Å². The van der Waals surface area contributed by atoms with Gasteiger partial charge in [0, 0.05) is 32.1 Å². The maximum atomic E-state index is 13.0. The van der Waals surface area contributed by atoms with Crippen LogP contribution in [0.5, 0.6) is 0 Å². The molecular weight excluding hydrogens is 324 g/mol. The van der Waals surface area contributed by atoms with E-state index in [1.54, 1.807) is 0 Å². The minimum absolute atomic E-state index is 0.176. The number of benzene rings is 1. The van der Waals surface area contributed by atoms with Crippen LogP contribution in [0.2, 0.25) is 0 Å². The fraction of sp³-hybridized carbons (Fsp3) is 0.611. The van der Waals surface area contributed by atoms with Gasteiger partial charge in [0.05, 0.1) is 4.90 Å². The van der Waals surface area contributed by atoms with Gasteiger partial charge in [-0.3, -0.25) is 4.79 Å². The van der Waals surface area contributed by atoms with Crippen LogP contribution in [0, 0.1) is 26.7 Å². The molecule has 1 aromatic carbocycles. The highest BCUT2D eigenvalue weighted by atomic mass is 32.2. The first-order chi connectivity index (χ1) is 11.3. The second-order valence-corrected chi connectivity index (χ2v) is 8.96. The van der Waals surface area contributed by atoms with Crippen molar-refractivity contribution < 1.29 is 13.2 Å². The molecule has 1 saturated heterocycles. The molecule has 132 valence electrons. The van der Waals surface area contributed by atoms with Gasteiger partial charge in [0.15, 0.2) is 0 Å². The van der Waals surface area contributed by atoms with Gasteiger partial charge >= 0.3 is 0 Å². The Morgan fingerprint density at radius 3 is 2.00 bits per heavy atom. The van der Waals surface area contributed by atoms with Crippen molar-refractivity contribution in [1.29, 1.82) is 0 Å². The molecule has 5 nitrogen and oxygen atoms in total. The van der Waals surface area contributed by atoms with Crippen molar-refractivity contribution in [2.45, 2.75) is 44.9 Å². The summed E-state index contributed by atoms with van der Waals surface area (Å²) in [6, 6.07) is 3.83. The van der Waals surface area contributed by atoms with E-state index in [2.05, 4.69) is 0 Å². The molecule has 0 radical (unpaired) electrons. The number of hydrogen-bond acceptors (Lipinski definition) is 3. The fourth-order valence-corrected chi connectivity index (χ4v) is 5.60. The molecule has 6 heteroatoms. The summed E-state index contributed by atoms with van der Waals surface area (Å²) in [5, 5.41) is 0. The first kappa shape index (κ1) is 17.4. The number of sulfonamides is 1. The van der Waals surface area contributed by atoms with Crippen LogP contribution < -0.4 is 0 Å². The topological polar surface area (TPSA) is 57.7 Å². The Hall–Kier alpha value is -1.40. The van der Waals surface area contributed by atoms with Gasteiger partial charge in [-0.2, -0.15) is 4.31 Å². The molecule has 0 spiro atoms. The molecule has 2 aliphatic rings. The summed E-state index contributed by atoms with van der Waals surface area (Å²) in [6.07, 6.45) is 3.11. The number of piperazine rings is 1. The highest BCUT2D eigenvalue weighted by Gasteiger charge is 2.35. The zero-order valence-corrected chi connectivity index (χ0v) is 15.5. The lowest BCUT2D eigenvalue weighted by molar-refractivity contribution is -0.139. The third-order valence-corrected chi connectivity index (χ3v) is 7.41. The molecule has 1 aliphatic carbocycles. The van der Waals surface area contributed by atoms with Crippen LogP contribution in [0.4, 0.5) is 0 Å². The van der Waals surface area contributed by atoms with Crippen LogP contribution in [0.25, 0.3) is 0 Å².